The van der Waals surface area contributed by atoms with E-state index in [0.29, 0.717) is 25.9 Å². The van der Waals surface area contributed by atoms with Crippen molar-refractivity contribution in [1.82, 2.24) is 10.2 Å². The van der Waals surface area contributed by atoms with E-state index in [2.05, 4.69) is 5.32 Å². The maximum absolute atomic E-state index is 12.6. The van der Waals surface area contributed by atoms with Gasteiger partial charge in [-0.2, -0.15) is 0 Å². The first kappa shape index (κ1) is 13.0. The second-order valence-corrected chi connectivity index (χ2v) is 5.17. The molecule has 2 unspecified atom stereocenters. The second kappa shape index (κ2) is 5.15. The standard InChI is InChI=1S/C15H18N2O3/c1-2-11-14(18)16-7-8-17(11)15(19)13-9-10-5-3-4-6-12(10)20-13/h3-6,11,13H,2,7-9H2,1H3,(H,16,18). The molecule has 5 nitrogen and oxygen atoms in total. The van der Waals surface area contributed by atoms with E-state index in [0.717, 1.165) is 11.3 Å². The summed E-state index contributed by atoms with van der Waals surface area (Å²) in [6, 6.07) is 7.32. The van der Waals surface area contributed by atoms with Crippen molar-refractivity contribution in [1.29, 1.82) is 0 Å². The van der Waals surface area contributed by atoms with E-state index >= 15 is 0 Å². The van der Waals surface area contributed by atoms with Crippen molar-refractivity contribution in [2.75, 3.05) is 13.1 Å². The molecule has 1 fully saturated rings. The Kier molecular flexibility index (Phi) is 3.34. The number of ether oxygens (including phenoxy) is 1. The van der Waals surface area contributed by atoms with Crippen molar-refractivity contribution in [3.8, 4) is 5.75 Å². The maximum Gasteiger partial charge on any atom is 0.264 e. The number of nitrogens with zero attached hydrogens (tertiary/aromatic N) is 1. The molecule has 1 saturated heterocycles. The van der Waals surface area contributed by atoms with Crippen molar-refractivity contribution < 1.29 is 14.3 Å². The van der Waals surface area contributed by atoms with Crippen LogP contribution < -0.4 is 10.1 Å². The number of carbonyl (C=O) groups is 2. The molecule has 0 aliphatic carbocycles. The number of fused-ring (bicyclic) bond motifs is 1. The fraction of sp³-hybridized carbons (Fsp3) is 0.467. The number of carbonyl (C=O) groups excluding carboxylic acids is 2. The van der Waals surface area contributed by atoms with E-state index < -0.39 is 6.10 Å². The van der Waals surface area contributed by atoms with Crippen LogP contribution in [0.1, 0.15) is 18.9 Å². The van der Waals surface area contributed by atoms with Gasteiger partial charge in [0, 0.05) is 19.5 Å². The van der Waals surface area contributed by atoms with Crippen molar-refractivity contribution >= 4 is 11.8 Å². The van der Waals surface area contributed by atoms with Crippen molar-refractivity contribution in [3.05, 3.63) is 29.8 Å². The maximum atomic E-state index is 12.6. The van der Waals surface area contributed by atoms with Crippen LogP contribution in [0.4, 0.5) is 0 Å². The molecule has 2 aliphatic rings. The van der Waals surface area contributed by atoms with E-state index in [1.54, 1.807) is 4.90 Å². The smallest absolute Gasteiger partial charge is 0.264 e. The minimum absolute atomic E-state index is 0.0670. The van der Waals surface area contributed by atoms with Crippen molar-refractivity contribution in [2.24, 2.45) is 0 Å². The molecule has 20 heavy (non-hydrogen) atoms. The van der Waals surface area contributed by atoms with Crippen LogP contribution in [-0.2, 0) is 16.0 Å². The van der Waals surface area contributed by atoms with Crippen LogP contribution in [0.15, 0.2) is 24.3 Å². The number of piperazine rings is 1. The molecule has 0 aromatic heterocycles. The molecule has 106 valence electrons. The Bertz CT molecular complexity index is 519. The van der Waals surface area contributed by atoms with Gasteiger partial charge >= 0.3 is 0 Å². The Hall–Kier alpha value is -2.04. The predicted octanol–water partition coefficient (Wildman–Crippen LogP) is 0.727. The summed E-state index contributed by atoms with van der Waals surface area (Å²) in [4.78, 5) is 26.1. The normalized spacial score (nSPS) is 24.9. The van der Waals surface area contributed by atoms with E-state index in [9.17, 15) is 9.59 Å². The van der Waals surface area contributed by atoms with Gasteiger partial charge in [-0.25, -0.2) is 0 Å². The zero-order valence-electron chi connectivity index (χ0n) is 11.5. The molecular formula is C15H18N2O3. The Morgan fingerprint density at radius 3 is 3.00 bits per heavy atom. The first-order chi connectivity index (χ1) is 9.70. The Morgan fingerprint density at radius 2 is 2.25 bits per heavy atom. The van der Waals surface area contributed by atoms with E-state index in [1.807, 2.05) is 31.2 Å². The fourth-order valence-corrected chi connectivity index (χ4v) is 2.89. The van der Waals surface area contributed by atoms with Gasteiger partial charge in [-0.05, 0) is 18.1 Å². The van der Waals surface area contributed by atoms with Crippen LogP contribution in [0.5, 0.6) is 5.75 Å². The second-order valence-electron chi connectivity index (χ2n) is 5.17. The molecule has 5 heteroatoms. The highest BCUT2D eigenvalue weighted by Crippen LogP contribution is 2.29. The minimum atomic E-state index is -0.493. The molecule has 2 aliphatic heterocycles. The molecule has 0 spiro atoms. The third kappa shape index (κ3) is 2.13. The third-order valence-electron chi connectivity index (χ3n) is 3.92. The lowest BCUT2D eigenvalue weighted by atomic mass is 10.1. The molecular weight excluding hydrogens is 256 g/mol. The Balaban J connectivity index is 1.75. The van der Waals surface area contributed by atoms with Gasteiger partial charge in [0.15, 0.2) is 6.10 Å². The lowest BCUT2D eigenvalue weighted by Crippen LogP contribution is -2.59. The average Bonchev–Trinajstić information content (AvgIpc) is 2.90. The van der Waals surface area contributed by atoms with Crippen molar-refractivity contribution in [3.63, 3.8) is 0 Å². The van der Waals surface area contributed by atoms with Crippen LogP contribution in [0, 0.1) is 0 Å². The van der Waals surface area contributed by atoms with Gasteiger partial charge in [0.2, 0.25) is 5.91 Å². The molecule has 0 saturated carbocycles. The largest absolute Gasteiger partial charge is 0.480 e. The molecule has 3 rings (SSSR count). The van der Waals surface area contributed by atoms with E-state index in [4.69, 9.17) is 4.74 Å². The summed E-state index contributed by atoms with van der Waals surface area (Å²) in [5.74, 6) is 0.630. The quantitative estimate of drug-likeness (QED) is 0.865. The van der Waals surface area contributed by atoms with Crippen LogP contribution in [0.3, 0.4) is 0 Å². The third-order valence-corrected chi connectivity index (χ3v) is 3.92. The average molecular weight is 274 g/mol. The van der Waals surface area contributed by atoms with Gasteiger partial charge in [0.25, 0.3) is 5.91 Å². The molecule has 0 bridgehead atoms. The summed E-state index contributed by atoms with van der Waals surface area (Å²) in [5, 5.41) is 2.80. The highest BCUT2D eigenvalue weighted by Gasteiger charge is 2.38. The molecule has 1 N–H and O–H groups in total. The van der Waals surface area contributed by atoms with E-state index in [1.165, 1.54) is 0 Å². The van der Waals surface area contributed by atoms with Gasteiger partial charge in [0.05, 0.1) is 0 Å². The SMILES string of the molecule is CCC1C(=O)NCCN1C(=O)C1Cc2ccccc2O1. The van der Waals surface area contributed by atoms with Crippen LogP contribution in [0.2, 0.25) is 0 Å². The lowest BCUT2D eigenvalue weighted by molar-refractivity contribution is -0.148. The fourth-order valence-electron chi connectivity index (χ4n) is 2.89. The topological polar surface area (TPSA) is 58.6 Å². The number of hydrogen-bond acceptors (Lipinski definition) is 3. The summed E-state index contributed by atoms with van der Waals surface area (Å²) in [5.41, 5.74) is 1.06. The number of para-hydroxylation sites is 1. The lowest BCUT2D eigenvalue weighted by Gasteiger charge is -2.35. The van der Waals surface area contributed by atoms with Gasteiger partial charge < -0.3 is 15.0 Å². The van der Waals surface area contributed by atoms with Crippen LogP contribution in [-0.4, -0.2) is 41.9 Å². The number of benzene rings is 1. The Morgan fingerprint density at radius 1 is 1.45 bits per heavy atom. The predicted molar refractivity (Wildman–Crippen MR) is 73.4 cm³/mol. The minimum Gasteiger partial charge on any atom is -0.480 e. The number of rotatable bonds is 2. The van der Waals surface area contributed by atoms with Crippen LogP contribution >= 0.6 is 0 Å². The molecule has 0 radical (unpaired) electrons. The van der Waals surface area contributed by atoms with Gasteiger partial charge in [0.1, 0.15) is 11.8 Å². The number of nitrogens with one attached hydrogen (secondary N) is 1. The first-order valence-corrected chi connectivity index (χ1v) is 7.03. The highest BCUT2D eigenvalue weighted by molar-refractivity contribution is 5.91. The van der Waals surface area contributed by atoms with Gasteiger partial charge in [-0.1, -0.05) is 25.1 Å². The summed E-state index contributed by atoms with van der Waals surface area (Å²) >= 11 is 0. The highest BCUT2D eigenvalue weighted by atomic mass is 16.5. The molecule has 1 aromatic rings. The molecule has 2 amide bonds. The van der Waals surface area contributed by atoms with Crippen molar-refractivity contribution in [2.45, 2.75) is 31.9 Å². The van der Waals surface area contributed by atoms with Gasteiger partial charge in [-0.3, -0.25) is 9.59 Å². The van der Waals surface area contributed by atoms with E-state index in [-0.39, 0.29) is 17.9 Å². The summed E-state index contributed by atoms with van der Waals surface area (Å²) in [6.07, 6.45) is 0.716. The summed E-state index contributed by atoms with van der Waals surface area (Å²) in [7, 11) is 0. The monoisotopic (exact) mass is 274 g/mol. The zero-order valence-corrected chi connectivity index (χ0v) is 11.5. The summed E-state index contributed by atoms with van der Waals surface area (Å²) in [6.45, 7) is 2.99. The first-order valence-electron chi connectivity index (χ1n) is 7.03. The molecule has 2 atom stereocenters. The molecule has 1 aromatic carbocycles. The Labute approximate surface area is 117 Å². The summed E-state index contributed by atoms with van der Waals surface area (Å²) < 4.78 is 5.73. The molecule has 2 heterocycles. The number of hydrogen-bond donors (Lipinski definition) is 1. The van der Waals surface area contributed by atoms with Crippen LogP contribution in [0.25, 0.3) is 0 Å². The van der Waals surface area contributed by atoms with Gasteiger partial charge in [-0.15, -0.1) is 0 Å². The zero-order chi connectivity index (χ0) is 14.1. The number of amides is 2.